The summed E-state index contributed by atoms with van der Waals surface area (Å²) in [7, 11) is -3.16. The normalized spacial score (nSPS) is 20.6. The lowest BCUT2D eigenvalue weighted by Gasteiger charge is -2.11. The third kappa shape index (κ3) is 4.86. The Labute approximate surface area is 124 Å². The maximum Gasteiger partial charge on any atom is 0.422 e. The third-order valence-corrected chi connectivity index (χ3v) is 4.76. The van der Waals surface area contributed by atoms with Crippen LogP contribution in [0.5, 0.6) is 5.88 Å². The van der Waals surface area contributed by atoms with Gasteiger partial charge in [-0.1, -0.05) is 0 Å². The summed E-state index contributed by atoms with van der Waals surface area (Å²) in [5.41, 5.74) is 0.258. The maximum atomic E-state index is 12.0. The summed E-state index contributed by atoms with van der Waals surface area (Å²) in [5.74, 6) is -1.51. The molecule has 1 fully saturated rings. The predicted molar refractivity (Wildman–Crippen MR) is 71.2 cm³/mol. The van der Waals surface area contributed by atoms with Crippen LogP contribution in [0.4, 0.5) is 18.9 Å². The van der Waals surface area contributed by atoms with E-state index in [4.69, 9.17) is 0 Å². The molecule has 0 radical (unpaired) electrons. The molecule has 0 bridgehead atoms. The molecule has 1 unspecified atom stereocenters. The standard InChI is InChI=1S/C12H13F3N2O4S/c13-12(14,15)7-21-10-2-1-9(5-16-10)17-11(18)8-3-4-22(19,20)6-8/h1-2,5,8H,3-4,6-7H2,(H,17,18). The SMILES string of the molecule is O=C(Nc1ccc(OCC(F)(F)F)nc1)C1CCS(=O)(=O)C1. The molecule has 1 atom stereocenters. The predicted octanol–water partition coefficient (Wildman–Crippen LogP) is 1.40. The van der Waals surface area contributed by atoms with Gasteiger partial charge in [0.2, 0.25) is 11.8 Å². The molecule has 1 N–H and O–H groups in total. The molecular formula is C12H13F3N2O4S. The molecule has 1 aliphatic heterocycles. The van der Waals surface area contributed by atoms with Crippen LogP contribution in [0, 0.1) is 5.92 Å². The van der Waals surface area contributed by atoms with Crippen LogP contribution >= 0.6 is 0 Å². The number of nitrogens with one attached hydrogen (secondary N) is 1. The third-order valence-electron chi connectivity index (χ3n) is 2.99. The first-order chi connectivity index (χ1) is 10.1. The van der Waals surface area contributed by atoms with Gasteiger partial charge < -0.3 is 10.1 Å². The Bertz CT molecular complexity index is 643. The molecule has 0 aliphatic carbocycles. The van der Waals surface area contributed by atoms with Crippen molar-refractivity contribution in [2.45, 2.75) is 12.6 Å². The summed E-state index contributed by atoms with van der Waals surface area (Å²) in [5, 5.41) is 2.48. The van der Waals surface area contributed by atoms with E-state index in [1.54, 1.807) is 0 Å². The van der Waals surface area contributed by atoms with Gasteiger partial charge in [-0.25, -0.2) is 13.4 Å². The van der Waals surface area contributed by atoms with E-state index in [2.05, 4.69) is 15.0 Å². The second kappa shape index (κ2) is 6.11. The summed E-state index contributed by atoms with van der Waals surface area (Å²) in [4.78, 5) is 15.5. The Morgan fingerprint density at radius 3 is 2.64 bits per heavy atom. The zero-order valence-corrected chi connectivity index (χ0v) is 12.1. The van der Waals surface area contributed by atoms with E-state index < -0.39 is 34.4 Å². The van der Waals surface area contributed by atoms with Crippen LogP contribution < -0.4 is 10.1 Å². The summed E-state index contributed by atoms with van der Waals surface area (Å²) >= 11 is 0. The second-order valence-corrected chi connectivity index (χ2v) is 7.11. The highest BCUT2D eigenvalue weighted by atomic mass is 32.2. The molecule has 122 valence electrons. The molecule has 1 aromatic rings. The summed E-state index contributed by atoms with van der Waals surface area (Å²) < 4.78 is 62.9. The van der Waals surface area contributed by atoms with Crippen molar-refractivity contribution in [2.24, 2.45) is 5.92 Å². The number of hydrogen-bond acceptors (Lipinski definition) is 5. The van der Waals surface area contributed by atoms with Gasteiger partial charge in [0.1, 0.15) is 0 Å². The number of pyridine rings is 1. The number of carbonyl (C=O) groups is 1. The first kappa shape index (κ1) is 16.5. The second-order valence-electron chi connectivity index (χ2n) is 4.88. The van der Waals surface area contributed by atoms with Crippen molar-refractivity contribution in [3.05, 3.63) is 18.3 Å². The van der Waals surface area contributed by atoms with E-state index in [9.17, 15) is 26.4 Å². The Morgan fingerprint density at radius 2 is 2.14 bits per heavy atom. The Hall–Kier alpha value is -1.84. The topological polar surface area (TPSA) is 85.4 Å². The average Bonchev–Trinajstić information content (AvgIpc) is 2.77. The van der Waals surface area contributed by atoms with E-state index in [0.717, 1.165) is 6.20 Å². The van der Waals surface area contributed by atoms with E-state index in [1.807, 2.05) is 0 Å². The number of ether oxygens (including phenoxy) is 1. The summed E-state index contributed by atoms with van der Waals surface area (Å²) in [6.07, 6.45) is -3.05. The van der Waals surface area contributed by atoms with Gasteiger partial charge in [-0.3, -0.25) is 4.79 Å². The van der Waals surface area contributed by atoms with E-state index >= 15 is 0 Å². The van der Waals surface area contributed by atoms with Gasteiger partial charge in [0.15, 0.2) is 16.4 Å². The van der Waals surface area contributed by atoms with Crippen LogP contribution in [0.25, 0.3) is 0 Å². The van der Waals surface area contributed by atoms with Crippen molar-refractivity contribution in [3.8, 4) is 5.88 Å². The highest BCUT2D eigenvalue weighted by Gasteiger charge is 2.33. The van der Waals surface area contributed by atoms with E-state index in [-0.39, 0.29) is 29.5 Å². The average molecular weight is 338 g/mol. The lowest BCUT2D eigenvalue weighted by molar-refractivity contribution is -0.154. The lowest BCUT2D eigenvalue weighted by atomic mass is 10.1. The van der Waals surface area contributed by atoms with Gasteiger partial charge in [-0.2, -0.15) is 13.2 Å². The summed E-state index contributed by atoms with van der Waals surface area (Å²) in [6, 6.07) is 2.52. The highest BCUT2D eigenvalue weighted by molar-refractivity contribution is 7.91. The van der Waals surface area contributed by atoms with Crippen molar-refractivity contribution in [3.63, 3.8) is 0 Å². The first-order valence-electron chi connectivity index (χ1n) is 6.31. The molecule has 2 rings (SSSR count). The van der Waals surface area contributed by atoms with Crippen molar-refractivity contribution in [1.29, 1.82) is 0 Å². The molecule has 0 saturated carbocycles. The molecule has 1 aliphatic rings. The van der Waals surface area contributed by atoms with Crippen LogP contribution in [0.1, 0.15) is 6.42 Å². The smallest absolute Gasteiger partial charge is 0.422 e. The zero-order valence-electron chi connectivity index (χ0n) is 11.3. The fourth-order valence-corrected chi connectivity index (χ4v) is 3.68. The number of carbonyl (C=O) groups excluding carboxylic acids is 1. The molecule has 10 heteroatoms. The number of nitrogens with zero attached hydrogens (tertiary/aromatic N) is 1. The van der Waals surface area contributed by atoms with Crippen LogP contribution in [0.3, 0.4) is 0 Å². The molecular weight excluding hydrogens is 325 g/mol. The van der Waals surface area contributed by atoms with Crippen LogP contribution in [0.15, 0.2) is 18.3 Å². The quantitative estimate of drug-likeness (QED) is 0.897. The highest BCUT2D eigenvalue weighted by Crippen LogP contribution is 2.21. The maximum absolute atomic E-state index is 12.0. The number of alkyl halides is 3. The van der Waals surface area contributed by atoms with Gasteiger partial charge in [0.05, 0.1) is 29.3 Å². The molecule has 2 heterocycles. The van der Waals surface area contributed by atoms with Gasteiger partial charge in [-0.15, -0.1) is 0 Å². The molecule has 1 aromatic heterocycles. The minimum atomic E-state index is -4.46. The number of amides is 1. The minimum absolute atomic E-state index is 0.0203. The Balaban J connectivity index is 1.90. The van der Waals surface area contributed by atoms with Crippen molar-refractivity contribution >= 4 is 21.4 Å². The molecule has 6 nitrogen and oxygen atoms in total. The number of aromatic nitrogens is 1. The zero-order chi connectivity index (χ0) is 16.4. The van der Waals surface area contributed by atoms with Crippen molar-refractivity contribution in [2.75, 3.05) is 23.4 Å². The Kier molecular flexibility index (Phi) is 4.59. The van der Waals surface area contributed by atoms with Crippen LogP contribution in [0.2, 0.25) is 0 Å². The number of rotatable bonds is 4. The molecule has 0 spiro atoms. The Morgan fingerprint density at radius 1 is 1.41 bits per heavy atom. The summed E-state index contributed by atoms with van der Waals surface area (Å²) in [6.45, 7) is -1.45. The minimum Gasteiger partial charge on any atom is -0.468 e. The first-order valence-corrected chi connectivity index (χ1v) is 8.14. The number of hydrogen-bond donors (Lipinski definition) is 1. The molecule has 1 amide bonds. The fraction of sp³-hybridized carbons (Fsp3) is 0.500. The molecule has 1 saturated heterocycles. The van der Waals surface area contributed by atoms with Gasteiger partial charge >= 0.3 is 6.18 Å². The molecule has 0 aromatic carbocycles. The van der Waals surface area contributed by atoms with Crippen LogP contribution in [-0.4, -0.2) is 43.6 Å². The molecule has 22 heavy (non-hydrogen) atoms. The van der Waals surface area contributed by atoms with Crippen LogP contribution in [-0.2, 0) is 14.6 Å². The fourth-order valence-electron chi connectivity index (χ4n) is 1.94. The largest absolute Gasteiger partial charge is 0.468 e. The van der Waals surface area contributed by atoms with E-state index in [1.165, 1.54) is 12.1 Å². The number of halogens is 3. The van der Waals surface area contributed by atoms with E-state index in [0.29, 0.717) is 0 Å². The van der Waals surface area contributed by atoms with Gasteiger partial charge in [-0.05, 0) is 12.5 Å². The van der Waals surface area contributed by atoms with Crippen molar-refractivity contribution < 1.29 is 31.1 Å². The number of sulfone groups is 1. The number of anilines is 1. The van der Waals surface area contributed by atoms with Gasteiger partial charge in [0.25, 0.3) is 0 Å². The van der Waals surface area contributed by atoms with Gasteiger partial charge in [0, 0.05) is 6.07 Å². The van der Waals surface area contributed by atoms with Crippen molar-refractivity contribution in [1.82, 2.24) is 4.98 Å². The lowest BCUT2D eigenvalue weighted by Crippen LogP contribution is -2.23. The monoisotopic (exact) mass is 338 g/mol.